The molecule has 2 aromatic rings. The van der Waals surface area contributed by atoms with Gasteiger partial charge in [-0.3, -0.25) is 4.79 Å². The number of amides is 1. The Morgan fingerprint density at radius 2 is 2.05 bits per heavy atom. The Bertz CT molecular complexity index is 553. The number of aryl methyl sites for hydroxylation is 1. The molecule has 5 heteroatoms. The summed E-state index contributed by atoms with van der Waals surface area (Å²) in [7, 11) is 0. The second kappa shape index (κ2) is 7.14. The topological polar surface area (TPSA) is 54.9 Å². The Balaban J connectivity index is 1.99. The maximum Gasteiger partial charge on any atom is 0.264 e. The molecule has 0 fully saturated rings. The quantitative estimate of drug-likeness (QED) is 0.889. The molecule has 1 heterocycles. The number of carbonyl (C=O) groups is 1. The first-order valence-electron chi connectivity index (χ1n) is 6.90. The van der Waals surface area contributed by atoms with Crippen molar-refractivity contribution in [3.05, 3.63) is 46.5 Å². The summed E-state index contributed by atoms with van der Waals surface area (Å²) in [4.78, 5) is 12.8. The number of benzene rings is 1. The standard InChI is InChI=1S/C15H19N3OS/c1-3-11(12-8-6-5-7-9-12)10-16-15(19)14-13(4-2)17-18-20-14/h5-9,11H,3-4,10H2,1-2H3,(H,16,19)/t11-/m0/s1. The van der Waals surface area contributed by atoms with E-state index in [0.717, 1.165) is 30.1 Å². The van der Waals surface area contributed by atoms with E-state index in [2.05, 4.69) is 34.0 Å². The fraction of sp³-hybridized carbons (Fsp3) is 0.400. The number of nitrogens with zero attached hydrogens (tertiary/aromatic N) is 2. The largest absolute Gasteiger partial charge is 0.351 e. The molecule has 0 bridgehead atoms. The lowest BCUT2D eigenvalue weighted by Gasteiger charge is -2.15. The highest BCUT2D eigenvalue weighted by Gasteiger charge is 2.16. The number of hydrogen-bond acceptors (Lipinski definition) is 4. The summed E-state index contributed by atoms with van der Waals surface area (Å²) in [6, 6.07) is 10.3. The zero-order valence-electron chi connectivity index (χ0n) is 11.8. The molecule has 0 spiro atoms. The van der Waals surface area contributed by atoms with Gasteiger partial charge in [0.1, 0.15) is 4.88 Å². The minimum Gasteiger partial charge on any atom is -0.351 e. The zero-order chi connectivity index (χ0) is 14.4. The van der Waals surface area contributed by atoms with Crippen molar-refractivity contribution < 1.29 is 4.79 Å². The SMILES string of the molecule is CCc1nnsc1C(=O)NC[C@H](CC)c1ccccc1. The van der Waals surface area contributed by atoms with Crippen molar-refractivity contribution in [3.63, 3.8) is 0 Å². The summed E-state index contributed by atoms with van der Waals surface area (Å²) in [5, 5.41) is 6.97. The number of carbonyl (C=O) groups excluding carboxylic acids is 1. The normalized spacial score (nSPS) is 12.1. The van der Waals surface area contributed by atoms with Crippen LogP contribution in [0.5, 0.6) is 0 Å². The second-order valence-corrected chi connectivity index (χ2v) is 5.38. The van der Waals surface area contributed by atoms with Crippen molar-refractivity contribution in [3.8, 4) is 0 Å². The molecule has 0 aliphatic carbocycles. The van der Waals surface area contributed by atoms with Gasteiger partial charge in [0, 0.05) is 12.5 Å². The van der Waals surface area contributed by atoms with Crippen LogP contribution in [0.3, 0.4) is 0 Å². The summed E-state index contributed by atoms with van der Waals surface area (Å²) < 4.78 is 3.85. The smallest absolute Gasteiger partial charge is 0.264 e. The molecule has 0 aliphatic heterocycles. The maximum atomic E-state index is 12.2. The van der Waals surface area contributed by atoms with E-state index in [-0.39, 0.29) is 5.91 Å². The first kappa shape index (κ1) is 14.7. The van der Waals surface area contributed by atoms with Crippen LogP contribution in [0.1, 0.15) is 47.1 Å². The fourth-order valence-corrected chi connectivity index (χ4v) is 2.80. The van der Waals surface area contributed by atoms with Crippen LogP contribution in [-0.4, -0.2) is 22.0 Å². The van der Waals surface area contributed by atoms with Crippen molar-refractivity contribution in [2.45, 2.75) is 32.6 Å². The van der Waals surface area contributed by atoms with Crippen molar-refractivity contribution in [2.75, 3.05) is 6.54 Å². The highest BCUT2D eigenvalue weighted by Crippen LogP contribution is 2.18. The highest BCUT2D eigenvalue weighted by molar-refractivity contribution is 7.08. The van der Waals surface area contributed by atoms with E-state index in [9.17, 15) is 4.79 Å². The van der Waals surface area contributed by atoms with Crippen LogP contribution < -0.4 is 5.32 Å². The highest BCUT2D eigenvalue weighted by atomic mass is 32.1. The van der Waals surface area contributed by atoms with Crippen LogP contribution in [0.25, 0.3) is 0 Å². The van der Waals surface area contributed by atoms with Crippen LogP contribution in [0.15, 0.2) is 30.3 Å². The minimum atomic E-state index is -0.0637. The van der Waals surface area contributed by atoms with Crippen LogP contribution in [0.4, 0.5) is 0 Å². The average molecular weight is 289 g/mol. The second-order valence-electron chi connectivity index (χ2n) is 4.63. The van der Waals surface area contributed by atoms with Crippen molar-refractivity contribution in [1.29, 1.82) is 0 Å². The van der Waals surface area contributed by atoms with E-state index in [1.807, 2.05) is 25.1 Å². The Kier molecular flexibility index (Phi) is 5.24. The number of hydrogen-bond donors (Lipinski definition) is 1. The van der Waals surface area contributed by atoms with Crippen LogP contribution in [0.2, 0.25) is 0 Å². The van der Waals surface area contributed by atoms with Gasteiger partial charge in [-0.2, -0.15) is 0 Å². The van der Waals surface area contributed by atoms with E-state index in [0.29, 0.717) is 17.3 Å². The van der Waals surface area contributed by atoms with Gasteiger partial charge >= 0.3 is 0 Å². The molecule has 4 nitrogen and oxygen atoms in total. The lowest BCUT2D eigenvalue weighted by atomic mass is 9.96. The summed E-state index contributed by atoms with van der Waals surface area (Å²) in [6.07, 6.45) is 1.72. The fourth-order valence-electron chi connectivity index (χ4n) is 2.13. The number of nitrogens with one attached hydrogen (secondary N) is 1. The van der Waals surface area contributed by atoms with Gasteiger partial charge in [-0.1, -0.05) is 48.7 Å². The third-order valence-corrected chi connectivity index (χ3v) is 4.14. The molecule has 106 valence electrons. The van der Waals surface area contributed by atoms with Gasteiger partial charge < -0.3 is 5.32 Å². The molecular formula is C15H19N3OS. The molecule has 1 aromatic carbocycles. The third kappa shape index (κ3) is 3.42. The molecule has 20 heavy (non-hydrogen) atoms. The number of aromatic nitrogens is 2. The predicted molar refractivity (Wildman–Crippen MR) is 81.1 cm³/mol. The van der Waals surface area contributed by atoms with Gasteiger partial charge in [-0.25, -0.2) is 0 Å². The zero-order valence-corrected chi connectivity index (χ0v) is 12.6. The Hall–Kier alpha value is -1.75. The first-order valence-corrected chi connectivity index (χ1v) is 7.68. The molecule has 0 saturated carbocycles. The number of rotatable bonds is 6. The van der Waals surface area contributed by atoms with Crippen molar-refractivity contribution >= 4 is 17.4 Å². The Labute approximate surface area is 123 Å². The third-order valence-electron chi connectivity index (χ3n) is 3.37. The summed E-state index contributed by atoms with van der Waals surface area (Å²) in [6.45, 7) is 4.75. The monoisotopic (exact) mass is 289 g/mol. The van der Waals surface area contributed by atoms with E-state index in [1.165, 1.54) is 5.56 Å². The molecule has 0 unspecified atom stereocenters. The predicted octanol–water partition coefficient (Wildman–Crippen LogP) is 3.02. The van der Waals surface area contributed by atoms with Gasteiger partial charge in [0.2, 0.25) is 0 Å². The van der Waals surface area contributed by atoms with Crippen molar-refractivity contribution in [2.24, 2.45) is 0 Å². The molecule has 2 rings (SSSR count). The van der Waals surface area contributed by atoms with E-state index in [1.54, 1.807) is 0 Å². The first-order chi connectivity index (χ1) is 9.76. The lowest BCUT2D eigenvalue weighted by Crippen LogP contribution is -2.28. The van der Waals surface area contributed by atoms with Crippen LogP contribution in [-0.2, 0) is 6.42 Å². The van der Waals surface area contributed by atoms with Gasteiger partial charge in [-0.15, -0.1) is 5.10 Å². The summed E-state index contributed by atoms with van der Waals surface area (Å²) in [5.74, 6) is 0.275. The average Bonchev–Trinajstić information content (AvgIpc) is 2.97. The molecule has 1 aromatic heterocycles. The maximum absolute atomic E-state index is 12.2. The molecule has 1 atom stereocenters. The molecular weight excluding hydrogens is 270 g/mol. The van der Waals surface area contributed by atoms with Gasteiger partial charge in [0.25, 0.3) is 5.91 Å². The molecule has 0 saturated heterocycles. The Morgan fingerprint density at radius 1 is 1.30 bits per heavy atom. The van der Waals surface area contributed by atoms with E-state index >= 15 is 0 Å². The minimum absolute atomic E-state index is 0.0637. The molecule has 1 N–H and O–H groups in total. The van der Waals surface area contributed by atoms with Gasteiger partial charge in [0.05, 0.1) is 5.69 Å². The molecule has 0 radical (unpaired) electrons. The summed E-state index contributed by atoms with van der Waals surface area (Å²) in [5.41, 5.74) is 2.04. The lowest BCUT2D eigenvalue weighted by molar-refractivity contribution is 0.0954. The van der Waals surface area contributed by atoms with Gasteiger partial charge in [0.15, 0.2) is 0 Å². The molecule has 0 aliphatic rings. The molecule has 1 amide bonds. The Morgan fingerprint density at radius 3 is 2.70 bits per heavy atom. The van der Waals surface area contributed by atoms with Crippen molar-refractivity contribution in [1.82, 2.24) is 14.9 Å². The van der Waals surface area contributed by atoms with Gasteiger partial charge in [-0.05, 0) is 29.9 Å². The van der Waals surface area contributed by atoms with Crippen LogP contribution >= 0.6 is 11.5 Å². The van der Waals surface area contributed by atoms with E-state index in [4.69, 9.17) is 0 Å². The van der Waals surface area contributed by atoms with Crippen LogP contribution in [0, 0.1) is 0 Å². The van der Waals surface area contributed by atoms with E-state index < -0.39 is 0 Å². The summed E-state index contributed by atoms with van der Waals surface area (Å²) >= 11 is 1.16.